The van der Waals surface area contributed by atoms with Crippen molar-refractivity contribution < 1.29 is 19.4 Å². The van der Waals surface area contributed by atoms with Gasteiger partial charge >= 0.3 is 0 Å². The average molecular weight is 383 g/mol. The van der Waals surface area contributed by atoms with Gasteiger partial charge in [0.25, 0.3) is 5.56 Å². The molecule has 146 valence electrons. The lowest BCUT2D eigenvalue weighted by Gasteiger charge is -2.14. The third-order valence-electron chi connectivity index (χ3n) is 4.42. The molecular weight excluding hydrogens is 362 g/mol. The van der Waals surface area contributed by atoms with Crippen molar-refractivity contribution >= 4 is 22.5 Å². The van der Waals surface area contributed by atoms with Crippen molar-refractivity contribution in [3.05, 3.63) is 45.7 Å². The number of carbonyl (C=O) groups is 1. The van der Waals surface area contributed by atoms with Crippen LogP contribution in [0, 0.1) is 13.8 Å². The summed E-state index contributed by atoms with van der Waals surface area (Å²) in [5.74, 6) is 0.807. The van der Waals surface area contributed by atoms with Crippen molar-refractivity contribution in [3.8, 4) is 22.9 Å². The molecule has 8 nitrogen and oxygen atoms in total. The summed E-state index contributed by atoms with van der Waals surface area (Å²) in [6.45, 7) is 3.06. The molecule has 0 bridgehead atoms. The minimum Gasteiger partial charge on any atom is -0.497 e. The molecule has 1 heterocycles. The fraction of sp³-hybridized carbons (Fsp3) is 0.250. The van der Waals surface area contributed by atoms with E-state index in [9.17, 15) is 9.59 Å². The largest absolute Gasteiger partial charge is 0.497 e. The van der Waals surface area contributed by atoms with Crippen molar-refractivity contribution in [2.45, 2.75) is 13.8 Å². The Morgan fingerprint density at radius 1 is 1.14 bits per heavy atom. The van der Waals surface area contributed by atoms with E-state index in [0.717, 1.165) is 11.1 Å². The second-order valence-electron chi connectivity index (χ2n) is 6.33. The van der Waals surface area contributed by atoms with E-state index >= 15 is 0 Å². The Morgan fingerprint density at radius 2 is 1.82 bits per heavy atom. The molecule has 8 heteroatoms. The second kappa shape index (κ2) is 7.69. The number of methoxy groups -OCH3 is 2. The van der Waals surface area contributed by atoms with Gasteiger partial charge in [-0.05, 0) is 37.1 Å². The summed E-state index contributed by atoms with van der Waals surface area (Å²) < 4.78 is 10.6. The molecule has 3 N–H and O–H groups in total. The summed E-state index contributed by atoms with van der Waals surface area (Å²) in [5.41, 5.74) is 2.99. The highest BCUT2D eigenvalue weighted by atomic mass is 16.5. The zero-order valence-corrected chi connectivity index (χ0v) is 16.0. The number of aliphatic hydroxyl groups is 1. The first-order chi connectivity index (χ1) is 13.4. The second-order valence-corrected chi connectivity index (χ2v) is 6.33. The third kappa shape index (κ3) is 3.54. The molecule has 0 unspecified atom stereocenters. The smallest absolute Gasteiger partial charge is 0.262 e. The topological polar surface area (TPSA) is 114 Å². The number of H-pyrrole nitrogens is 1. The number of ether oxygens (including phenoxy) is 2. The molecule has 0 saturated carbocycles. The Morgan fingerprint density at radius 3 is 2.39 bits per heavy atom. The number of nitrogens with zero attached hydrogens (tertiary/aromatic N) is 1. The first-order valence-electron chi connectivity index (χ1n) is 8.56. The number of amides is 1. The summed E-state index contributed by atoms with van der Waals surface area (Å²) >= 11 is 0. The van der Waals surface area contributed by atoms with Gasteiger partial charge in [0.15, 0.2) is 0 Å². The van der Waals surface area contributed by atoms with E-state index in [1.807, 2.05) is 26.0 Å². The fourth-order valence-electron chi connectivity index (χ4n) is 3.10. The van der Waals surface area contributed by atoms with Gasteiger partial charge in [0, 0.05) is 23.4 Å². The van der Waals surface area contributed by atoms with Crippen LogP contribution in [0.2, 0.25) is 0 Å². The summed E-state index contributed by atoms with van der Waals surface area (Å²) in [7, 11) is 3.01. The molecule has 0 radical (unpaired) electrons. The average Bonchev–Trinajstić information content (AvgIpc) is 2.68. The summed E-state index contributed by atoms with van der Waals surface area (Å²) in [4.78, 5) is 31.5. The molecule has 0 aliphatic rings. The number of fused-ring (bicyclic) bond motifs is 1. The van der Waals surface area contributed by atoms with Crippen LogP contribution in [-0.4, -0.2) is 41.8 Å². The molecule has 28 heavy (non-hydrogen) atoms. The lowest BCUT2D eigenvalue weighted by Crippen LogP contribution is -2.17. The van der Waals surface area contributed by atoms with Crippen molar-refractivity contribution in [2.75, 3.05) is 26.1 Å². The summed E-state index contributed by atoms with van der Waals surface area (Å²) in [6.07, 6.45) is 0. The Kier molecular flexibility index (Phi) is 5.32. The molecule has 0 fully saturated rings. The van der Waals surface area contributed by atoms with Gasteiger partial charge in [-0.25, -0.2) is 4.98 Å². The van der Waals surface area contributed by atoms with Gasteiger partial charge in [0.2, 0.25) is 5.91 Å². The van der Waals surface area contributed by atoms with Gasteiger partial charge in [0.1, 0.15) is 29.3 Å². The maximum absolute atomic E-state index is 12.7. The fourth-order valence-corrected chi connectivity index (χ4v) is 3.10. The Labute approximate surface area is 161 Å². The van der Waals surface area contributed by atoms with Crippen LogP contribution in [0.3, 0.4) is 0 Å². The van der Waals surface area contributed by atoms with E-state index in [1.165, 1.54) is 14.2 Å². The number of carbonyl (C=O) groups excluding carboxylic acids is 1. The van der Waals surface area contributed by atoms with Gasteiger partial charge < -0.3 is 24.9 Å². The number of aromatic nitrogens is 2. The summed E-state index contributed by atoms with van der Waals surface area (Å²) in [5, 5.41) is 11.9. The summed E-state index contributed by atoms with van der Waals surface area (Å²) in [6, 6.07) is 6.92. The monoisotopic (exact) mass is 383 g/mol. The molecule has 3 rings (SSSR count). The van der Waals surface area contributed by atoms with Crippen LogP contribution in [-0.2, 0) is 4.79 Å². The van der Waals surface area contributed by atoms with Crippen LogP contribution in [0.5, 0.6) is 11.5 Å². The van der Waals surface area contributed by atoms with Crippen LogP contribution < -0.4 is 20.3 Å². The normalized spacial score (nSPS) is 10.8. The van der Waals surface area contributed by atoms with E-state index in [-0.39, 0.29) is 5.56 Å². The van der Waals surface area contributed by atoms with Gasteiger partial charge in [-0.2, -0.15) is 0 Å². The Balaban J connectivity index is 2.16. The van der Waals surface area contributed by atoms with Gasteiger partial charge in [-0.15, -0.1) is 0 Å². The highest BCUT2D eigenvalue weighted by Crippen LogP contribution is 2.30. The van der Waals surface area contributed by atoms with E-state index in [0.29, 0.717) is 39.5 Å². The molecule has 0 aliphatic heterocycles. The number of nitrogens with one attached hydrogen (secondary N) is 2. The molecule has 1 aromatic heterocycles. The molecule has 1 amide bonds. The Hall–Kier alpha value is -3.39. The maximum atomic E-state index is 12.7. The minimum absolute atomic E-state index is 0.326. The molecule has 2 aromatic carbocycles. The van der Waals surface area contributed by atoms with Crippen LogP contribution in [0.15, 0.2) is 29.1 Å². The lowest BCUT2D eigenvalue weighted by atomic mass is 10.0. The SMILES string of the molecule is COc1cc(OC)c2c(=O)[nH]c(-c3cc(C)c(NC(=O)CO)c(C)c3)nc2c1. The van der Waals surface area contributed by atoms with E-state index in [1.54, 1.807) is 12.1 Å². The van der Waals surface area contributed by atoms with Crippen molar-refractivity contribution in [2.24, 2.45) is 0 Å². The van der Waals surface area contributed by atoms with Crippen LogP contribution in [0.1, 0.15) is 11.1 Å². The molecule has 3 aromatic rings. The van der Waals surface area contributed by atoms with Crippen LogP contribution in [0.4, 0.5) is 5.69 Å². The number of hydrogen-bond acceptors (Lipinski definition) is 6. The minimum atomic E-state index is -0.593. The Bertz CT molecular complexity index is 1100. The van der Waals surface area contributed by atoms with E-state index in [2.05, 4.69) is 15.3 Å². The van der Waals surface area contributed by atoms with Crippen molar-refractivity contribution in [3.63, 3.8) is 0 Å². The van der Waals surface area contributed by atoms with Gasteiger partial charge in [-0.1, -0.05) is 0 Å². The molecule has 0 atom stereocenters. The van der Waals surface area contributed by atoms with E-state index < -0.39 is 12.5 Å². The zero-order chi connectivity index (χ0) is 20.4. The zero-order valence-electron chi connectivity index (χ0n) is 16.0. The number of aryl methyl sites for hydroxylation is 2. The predicted octanol–water partition coefficient (Wildman–Crippen LogP) is 2.15. The van der Waals surface area contributed by atoms with Gasteiger partial charge in [0.05, 0.1) is 19.7 Å². The van der Waals surface area contributed by atoms with Gasteiger partial charge in [-0.3, -0.25) is 9.59 Å². The van der Waals surface area contributed by atoms with Crippen LogP contribution in [0.25, 0.3) is 22.3 Å². The quantitative estimate of drug-likeness (QED) is 0.622. The predicted molar refractivity (Wildman–Crippen MR) is 106 cm³/mol. The maximum Gasteiger partial charge on any atom is 0.262 e. The molecular formula is C20H21N3O5. The van der Waals surface area contributed by atoms with Crippen molar-refractivity contribution in [1.29, 1.82) is 0 Å². The molecule has 0 spiro atoms. The number of aromatic amines is 1. The van der Waals surface area contributed by atoms with Crippen LogP contribution >= 0.6 is 0 Å². The number of hydrogen-bond donors (Lipinski definition) is 3. The van der Waals surface area contributed by atoms with Crippen molar-refractivity contribution in [1.82, 2.24) is 9.97 Å². The number of rotatable bonds is 5. The first-order valence-corrected chi connectivity index (χ1v) is 8.56. The highest BCUT2D eigenvalue weighted by Gasteiger charge is 2.15. The number of benzene rings is 2. The molecule has 0 aliphatic carbocycles. The number of anilines is 1. The standard InChI is InChI=1S/C20H21N3O5/c1-10-5-12(6-11(2)18(10)22-16(25)9-24)19-21-14-7-13(27-3)8-15(28-4)17(14)20(26)23-19/h5-8,24H,9H2,1-4H3,(H,22,25)(H,21,23,26). The lowest BCUT2D eigenvalue weighted by molar-refractivity contribution is -0.118. The molecule has 0 saturated heterocycles. The third-order valence-corrected chi connectivity index (χ3v) is 4.42. The first kappa shape index (κ1) is 19.4. The highest BCUT2D eigenvalue weighted by molar-refractivity contribution is 5.93. The van der Waals surface area contributed by atoms with E-state index in [4.69, 9.17) is 14.6 Å². The number of aliphatic hydroxyl groups excluding tert-OH is 1.